The highest BCUT2D eigenvalue weighted by molar-refractivity contribution is 6.05. The largest absolute Gasteiger partial charge is 0.494 e. The summed E-state index contributed by atoms with van der Waals surface area (Å²) in [5, 5.41) is 11.3. The molecule has 1 amide bonds. The van der Waals surface area contributed by atoms with Crippen LogP contribution in [0.4, 0.5) is 24.5 Å². The highest BCUT2D eigenvalue weighted by Gasteiger charge is 2.33. The number of amides is 1. The Kier molecular flexibility index (Phi) is 9.59. The second kappa shape index (κ2) is 12.5. The number of rotatable bonds is 10. The molecule has 216 valence electrons. The number of hydrogen-bond donors (Lipinski definition) is 3. The molecule has 4 N–H and O–H groups in total. The molecule has 40 heavy (non-hydrogen) atoms. The van der Waals surface area contributed by atoms with Gasteiger partial charge in [-0.2, -0.15) is 18.3 Å². The van der Waals surface area contributed by atoms with E-state index in [9.17, 15) is 18.0 Å². The first-order chi connectivity index (χ1) is 18.7. The highest BCUT2D eigenvalue weighted by atomic mass is 19.4. The van der Waals surface area contributed by atoms with Crippen LogP contribution in [0, 0.1) is 19.8 Å². The van der Waals surface area contributed by atoms with E-state index >= 15 is 0 Å². The molecule has 3 rings (SSSR count). The number of pyridine rings is 1. The number of aromatic nitrogens is 3. The van der Waals surface area contributed by atoms with Crippen molar-refractivity contribution in [1.29, 1.82) is 0 Å². The second-order valence-electron chi connectivity index (χ2n) is 10.0. The van der Waals surface area contributed by atoms with Gasteiger partial charge in [-0.1, -0.05) is 13.8 Å². The Hall–Kier alpha value is -3.90. The number of methoxy groups -OCH3 is 1. The third-order valence-electron chi connectivity index (χ3n) is 6.41. The van der Waals surface area contributed by atoms with Crippen LogP contribution in [0.1, 0.15) is 59.2 Å². The van der Waals surface area contributed by atoms with Crippen molar-refractivity contribution in [2.75, 3.05) is 24.0 Å². The van der Waals surface area contributed by atoms with Crippen molar-refractivity contribution in [2.45, 2.75) is 47.3 Å². The van der Waals surface area contributed by atoms with E-state index in [4.69, 9.17) is 10.6 Å². The average molecular weight is 560 g/mol. The number of nitrogens with zero attached hydrogens (tertiary/aromatic N) is 4. The minimum absolute atomic E-state index is 0.0989. The quantitative estimate of drug-likeness (QED) is 0.231. The fourth-order valence-corrected chi connectivity index (χ4v) is 4.15. The van der Waals surface area contributed by atoms with Crippen molar-refractivity contribution in [2.24, 2.45) is 18.8 Å². The lowest BCUT2D eigenvalue weighted by Crippen LogP contribution is -2.26. The molecule has 0 aliphatic carbocycles. The number of halogens is 3. The monoisotopic (exact) mass is 559 g/mol. The second-order valence-corrected chi connectivity index (χ2v) is 10.0. The molecule has 0 saturated carbocycles. The molecule has 0 fully saturated rings. The average Bonchev–Trinajstić information content (AvgIpc) is 3.21. The van der Waals surface area contributed by atoms with Crippen molar-refractivity contribution < 1.29 is 22.7 Å². The first-order valence-corrected chi connectivity index (χ1v) is 12.7. The molecule has 0 aliphatic heterocycles. The van der Waals surface area contributed by atoms with E-state index in [2.05, 4.69) is 20.7 Å². The Morgan fingerprint density at radius 2 is 1.93 bits per heavy atom. The van der Waals surface area contributed by atoms with Crippen LogP contribution in [-0.4, -0.2) is 34.3 Å². The fourth-order valence-electron chi connectivity index (χ4n) is 4.15. The molecule has 0 radical (unpaired) electrons. The van der Waals surface area contributed by atoms with Gasteiger partial charge in [0.1, 0.15) is 5.75 Å². The number of benzene rings is 1. The summed E-state index contributed by atoms with van der Waals surface area (Å²) in [4.78, 5) is 17.5. The van der Waals surface area contributed by atoms with Gasteiger partial charge in [-0.3, -0.25) is 19.5 Å². The van der Waals surface area contributed by atoms with E-state index < -0.39 is 17.6 Å². The summed E-state index contributed by atoms with van der Waals surface area (Å²) in [6.45, 7) is 10.3. The summed E-state index contributed by atoms with van der Waals surface area (Å²) in [6, 6.07) is 3.42. The Morgan fingerprint density at radius 3 is 2.50 bits per heavy atom. The summed E-state index contributed by atoms with van der Waals surface area (Å²) >= 11 is 0. The van der Waals surface area contributed by atoms with Crippen molar-refractivity contribution in [3.05, 3.63) is 70.4 Å². The number of carbonyl (C=O) groups excluding carboxylic acids is 1. The maximum Gasteiger partial charge on any atom is 0.416 e. The Labute approximate surface area is 232 Å². The van der Waals surface area contributed by atoms with Crippen molar-refractivity contribution in [3.63, 3.8) is 0 Å². The predicted octanol–water partition coefficient (Wildman–Crippen LogP) is 5.20. The molecular formula is C28H36F3N7O2. The van der Waals surface area contributed by atoms with E-state index in [-0.39, 0.29) is 29.1 Å². The maximum absolute atomic E-state index is 13.7. The van der Waals surface area contributed by atoms with Crippen molar-refractivity contribution in [3.8, 4) is 5.75 Å². The molecule has 0 aliphatic rings. The van der Waals surface area contributed by atoms with Crippen LogP contribution in [0.25, 0.3) is 5.57 Å². The zero-order valence-electron chi connectivity index (χ0n) is 23.8. The van der Waals surface area contributed by atoms with Crippen molar-refractivity contribution >= 4 is 22.9 Å². The number of alkyl halides is 3. The maximum atomic E-state index is 13.7. The molecule has 12 heteroatoms. The first kappa shape index (κ1) is 30.6. The first-order valence-electron chi connectivity index (χ1n) is 12.7. The molecule has 9 nitrogen and oxygen atoms in total. The van der Waals surface area contributed by atoms with Gasteiger partial charge in [0.15, 0.2) is 0 Å². The minimum Gasteiger partial charge on any atom is -0.494 e. The number of ether oxygens (including phenoxy) is 1. The fraction of sp³-hybridized carbons (Fsp3) is 0.393. The number of carbonyl (C=O) groups is 1. The topological polar surface area (TPSA) is 110 Å². The lowest BCUT2D eigenvalue weighted by molar-refractivity contribution is -0.137. The molecule has 0 saturated heterocycles. The predicted molar refractivity (Wildman–Crippen MR) is 150 cm³/mol. The SMILES string of the molecule is COc1c(CNCC(C)C)cc(C(F)(F)F)cc1NC(=O)c1cnc(C)c(N(N)/C=C(\C)c2cnn(C)c2C)c1. The molecule has 0 bridgehead atoms. The number of nitrogens with one attached hydrogen (secondary N) is 2. The number of nitrogens with two attached hydrogens (primary N) is 1. The van der Waals surface area contributed by atoms with Gasteiger partial charge in [0.2, 0.25) is 0 Å². The summed E-state index contributed by atoms with van der Waals surface area (Å²) in [7, 11) is 3.19. The van der Waals surface area contributed by atoms with E-state index in [1.807, 2.05) is 34.7 Å². The molecule has 0 atom stereocenters. The van der Waals surface area contributed by atoms with Crippen LogP contribution in [-0.2, 0) is 19.8 Å². The molecule has 0 spiro atoms. The number of aryl methyl sites for hydroxylation is 2. The zero-order valence-corrected chi connectivity index (χ0v) is 23.8. The van der Waals surface area contributed by atoms with Crippen LogP contribution in [0.5, 0.6) is 5.75 Å². The van der Waals surface area contributed by atoms with Gasteiger partial charge >= 0.3 is 6.18 Å². The number of allylic oxidation sites excluding steroid dienone is 1. The number of hydrogen-bond acceptors (Lipinski definition) is 7. The van der Waals surface area contributed by atoms with Gasteiger partial charge in [0, 0.05) is 42.8 Å². The zero-order chi connectivity index (χ0) is 29.8. The standard InChI is InChI=1S/C28H36F3N7O2/c1-16(2)11-33-12-20-8-22(28(29,30)31)10-24(26(20)40-7)36-27(39)21-9-25(18(4)34-13-21)38(32)15-17(3)23-14-35-37(6)19(23)5/h8-10,13-16,33H,11-12,32H2,1-7H3,(H,36,39)/b17-15+. The van der Waals surface area contributed by atoms with Gasteiger partial charge in [0.05, 0.1) is 41.5 Å². The van der Waals surface area contributed by atoms with E-state index in [0.29, 0.717) is 23.8 Å². The summed E-state index contributed by atoms with van der Waals surface area (Å²) in [5.74, 6) is 6.10. The van der Waals surface area contributed by atoms with Gasteiger partial charge < -0.3 is 15.4 Å². The molecule has 3 aromatic rings. The van der Waals surface area contributed by atoms with E-state index in [1.165, 1.54) is 24.4 Å². The molecule has 0 unspecified atom stereocenters. The van der Waals surface area contributed by atoms with Crippen LogP contribution in [0.2, 0.25) is 0 Å². The Bertz CT molecular complexity index is 1400. The number of hydrazine groups is 1. The van der Waals surface area contributed by atoms with E-state index in [0.717, 1.165) is 29.0 Å². The normalized spacial score (nSPS) is 12.2. The van der Waals surface area contributed by atoms with Gasteiger partial charge in [-0.15, -0.1) is 0 Å². The van der Waals surface area contributed by atoms with Crippen LogP contribution < -0.4 is 26.2 Å². The Balaban J connectivity index is 1.94. The van der Waals surface area contributed by atoms with E-state index in [1.54, 1.807) is 24.0 Å². The molecule has 2 aromatic heterocycles. The van der Waals surface area contributed by atoms with Crippen LogP contribution >= 0.6 is 0 Å². The van der Waals surface area contributed by atoms with Gasteiger partial charge in [-0.05, 0) is 57.0 Å². The smallest absolute Gasteiger partial charge is 0.416 e. The summed E-state index contributed by atoms with van der Waals surface area (Å²) in [5.41, 5.74) is 3.10. The molecule has 2 heterocycles. The lowest BCUT2D eigenvalue weighted by atomic mass is 10.1. The number of anilines is 2. The lowest BCUT2D eigenvalue weighted by Gasteiger charge is -2.20. The summed E-state index contributed by atoms with van der Waals surface area (Å²) < 4.78 is 48.3. The third-order valence-corrected chi connectivity index (χ3v) is 6.41. The van der Waals surface area contributed by atoms with Crippen LogP contribution in [0.3, 0.4) is 0 Å². The van der Waals surface area contributed by atoms with Gasteiger partial charge in [-0.25, -0.2) is 5.84 Å². The minimum atomic E-state index is -4.62. The molecule has 1 aromatic carbocycles. The van der Waals surface area contributed by atoms with Crippen LogP contribution in [0.15, 0.2) is 36.8 Å². The molecular weight excluding hydrogens is 523 g/mol. The highest BCUT2D eigenvalue weighted by Crippen LogP contribution is 2.38. The van der Waals surface area contributed by atoms with Crippen molar-refractivity contribution in [1.82, 2.24) is 20.1 Å². The third kappa shape index (κ3) is 7.19. The summed E-state index contributed by atoms with van der Waals surface area (Å²) in [6.07, 6.45) is 0.157. The van der Waals surface area contributed by atoms with Gasteiger partial charge in [0.25, 0.3) is 5.91 Å². The Morgan fingerprint density at radius 1 is 1.23 bits per heavy atom.